The number of amides is 1. The largest absolute Gasteiger partial charge is 0.468 e. The lowest BCUT2D eigenvalue weighted by molar-refractivity contribution is -0.118. The maximum absolute atomic E-state index is 13.5. The molecule has 0 radical (unpaired) electrons. The second kappa shape index (κ2) is 7.92. The van der Waals surface area contributed by atoms with Crippen molar-refractivity contribution in [3.8, 4) is 11.4 Å². The number of nitrogens with two attached hydrogens (primary N) is 1. The minimum absolute atomic E-state index is 0.205. The number of rotatable bonds is 5. The van der Waals surface area contributed by atoms with E-state index in [1.807, 2.05) is 28.6 Å². The van der Waals surface area contributed by atoms with Crippen LogP contribution in [0.3, 0.4) is 0 Å². The molecule has 2 aliphatic rings. The number of carbonyl (C=O) groups excluding carboxylic acids is 2. The zero-order valence-corrected chi connectivity index (χ0v) is 17.0. The molecule has 1 fully saturated rings. The molecule has 1 amide bonds. The smallest absolute Gasteiger partial charge is 0.284 e. The van der Waals surface area contributed by atoms with E-state index in [1.165, 1.54) is 0 Å². The van der Waals surface area contributed by atoms with Gasteiger partial charge in [-0.1, -0.05) is 0 Å². The zero-order valence-electron chi connectivity index (χ0n) is 17.0. The Morgan fingerprint density at radius 1 is 1.39 bits per heavy atom. The number of hydrogen-bond acceptors (Lipinski definition) is 7. The molecule has 31 heavy (non-hydrogen) atoms. The molecule has 2 atom stereocenters. The Kier molecular flexibility index (Phi) is 5.28. The van der Waals surface area contributed by atoms with Gasteiger partial charge in [-0.05, 0) is 25.1 Å². The Morgan fingerprint density at radius 2 is 2.16 bits per heavy atom. The summed E-state index contributed by atoms with van der Waals surface area (Å²) in [6.07, 6.45) is -1.08. The number of fused-ring (bicyclic) bond motifs is 3. The van der Waals surface area contributed by atoms with Crippen molar-refractivity contribution in [3.05, 3.63) is 30.3 Å². The van der Waals surface area contributed by atoms with Crippen LogP contribution in [0.5, 0.6) is 0 Å². The summed E-state index contributed by atoms with van der Waals surface area (Å²) in [4.78, 5) is 30.3. The Morgan fingerprint density at radius 3 is 2.84 bits per heavy atom. The van der Waals surface area contributed by atoms with Crippen LogP contribution in [0, 0.1) is 0 Å². The highest BCUT2D eigenvalue weighted by molar-refractivity contribution is 5.84. The number of halogens is 2. The fourth-order valence-electron chi connectivity index (χ4n) is 3.73. The third-order valence-corrected chi connectivity index (χ3v) is 5.47. The van der Waals surface area contributed by atoms with E-state index in [1.54, 1.807) is 25.1 Å². The predicted molar refractivity (Wildman–Crippen MR) is 111 cm³/mol. The molecule has 0 spiro atoms. The number of likely N-dealkylation sites (N-methyl/N-ethyl adjacent to an activating group) is 1. The fourth-order valence-corrected chi connectivity index (χ4v) is 3.73. The third-order valence-electron chi connectivity index (χ3n) is 5.47. The summed E-state index contributed by atoms with van der Waals surface area (Å²) in [6, 6.07) is 3.68. The van der Waals surface area contributed by atoms with E-state index in [2.05, 4.69) is 10.3 Å². The summed E-state index contributed by atoms with van der Waals surface area (Å²) < 4.78 is 33.9. The predicted octanol–water partition coefficient (Wildman–Crippen LogP) is 1.43. The topological polar surface area (TPSA) is 106 Å². The van der Waals surface area contributed by atoms with Gasteiger partial charge >= 0.3 is 0 Å². The molecule has 0 bridgehead atoms. The number of imidazole rings is 1. The highest BCUT2D eigenvalue weighted by Gasteiger charge is 2.40. The maximum atomic E-state index is 13.5. The van der Waals surface area contributed by atoms with Crippen molar-refractivity contribution in [2.45, 2.75) is 32.0 Å². The van der Waals surface area contributed by atoms with Crippen molar-refractivity contribution in [1.29, 1.82) is 0 Å². The van der Waals surface area contributed by atoms with E-state index >= 15 is 0 Å². The minimum atomic E-state index is -2.72. The van der Waals surface area contributed by atoms with Crippen LogP contribution >= 0.6 is 0 Å². The average Bonchev–Trinajstić information content (AvgIpc) is 3.33. The Labute approximate surface area is 177 Å². The van der Waals surface area contributed by atoms with E-state index < -0.39 is 24.4 Å². The van der Waals surface area contributed by atoms with Gasteiger partial charge in [0.25, 0.3) is 12.3 Å². The second-order valence-electron chi connectivity index (χ2n) is 7.53. The van der Waals surface area contributed by atoms with Gasteiger partial charge in [-0.15, -0.1) is 0 Å². The second-order valence-corrected chi connectivity index (χ2v) is 7.53. The standard InChI is InChI=1S/C20H22F2N6O3/c1-11(19(23)30)24-12-3-4-13-14(7-12)26(2)5-6-27-8-16(25-20(13)27)28-15(18(21)22)10-31-17(28)9-29/h3-4,7-8,11,15,18,24H,5-6,10H2,1-2H3,(H2,23,30)/t11?,15-/m0/s1. The molecule has 11 heteroatoms. The lowest BCUT2D eigenvalue weighted by Crippen LogP contribution is -2.36. The number of primary amides is 1. The van der Waals surface area contributed by atoms with Gasteiger partial charge in [0.1, 0.15) is 24.5 Å². The van der Waals surface area contributed by atoms with Crippen LogP contribution in [-0.4, -0.2) is 60.1 Å². The number of anilines is 3. The number of nitrogens with zero attached hydrogens (tertiary/aromatic N) is 4. The number of alkyl halides is 2. The first-order chi connectivity index (χ1) is 14.8. The van der Waals surface area contributed by atoms with Crippen LogP contribution < -0.4 is 20.9 Å². The molecule has 0 aliphatic carbocycles. The van der Waals surface area contributed by atoms with E-state index in [0.717, 1.165) is 16.2 Å². The molecule has 1 saturated heterocycles. The number of nitrogens with one attached hydrogen (secondary N) is 1. The van der Waals surface area contributed by atoms with E-state index in [0.29, 0.717) is 24.6 Å². The lowest BCUT2D eigenvalue weighted by atomic mass is 10.1. The lowest BCUT2D eigenvalue weighted by Gasteiger charge is -2.21. The molecule has 164 valence electrons. The van der Waals surface area contributed by atoms with Crippen molar-refractivity contribution in [2.75, 3.05) is 35.3 Å². The van der Waals surface area contributed by atoms with E-state index in [-0.39, 0.29) is 18.3 Å². The van der Waals surface area contributed by atoms with Crippen LogP contribution in [0.25, 0.3) is 11.4 Å². The van der Waals surface area contributed by atoms with Crippen LogP contribution in [0.15, 0.2) is 30.3 Å². The summed E-state index contributed by atoms with van der Waals surface area (Å²) >= 11 is 0. The monoisotopic (exact) mass is 432 g/mol. The summed E-state index contributed by atoms with van der Waals surface area (Å²) in [7, 11) is 1.93. The molecular formula is C20H22F2N6O3. The maximum Gasteiger partial charge on any atom is 0.284 e. The number of carbonyl (C=O) groups is 1. The quantitative estimate of drug-likeness (QED) is 0.689. The van der Waals surface area contributed by atoms with Crippen molar-refractivity contribution in [1.82, 2.24) is 9.55 Å². The summed E-state index contributed by atoms with van der Waals surface area (Å²) in [5.74, 6) is 1.60. The number of benzene rings is 1. The summed E-state index contributed by atoms with van der Waals surface area (Å²) in [5.41, 5.74) is 7.69. The fraction of sp³-hybridized carbons (Fsp3) is 0.400. The number of hydrogen-bond donors (Lipinski definition) is 2. The van der Waals surface area contributed by atoms with Gasteiger partial charge in [0, 0.05) is 43.3 Å². The number of aromatic nitrogens is 2. The number of ether oxygens (including phenoxy) is 1. The van der Waals surface area contributed by atoms with E-state index in [4.69, 9.17) is 10.5 Å². The summed E-state index contributed by atoms with van der Waals surface area (Å²) in [6.45, 7) is 2.56. The minimum Gasteiger partial charge on any atom is -0.468 e. The SMILES string of the molecule is CC(Nc1ccc2c(c1)N(C)CCn1cc(N3C(=C=O)OC[C@H]3C(F)F)nc1-2)C(N)=O. The molecule has 1 aromatic carbocycles. The van der Waals surface area contributed by atoms with Gasteiger partial charge in [-0.2, -0.15) is 0 Å². The van der Waals surface area contributed by atoms with Gasteiger partial charge in [0.2, 0.25) is 5.91 Å². The Balaban J connectivity index is 1.75. The van der Waals surface area contributed by atoms with Crippen LogP contribution in [0.2, 0.25) is 0 Å². The first-order valence-electron chi connectivity index (χ1n) is 9.74. The molecule has 3 N–H and O–H groups in total. The first-order valence-corrected chi connectivity index (χ1v) is 9.74. The van der Waals surface area contributed by atoms with Crippen LogP contribution in [-0.2, 0) is 20.9 Å². The molecule has 1 unspecified atom stereocenters. The van der Waals surface area contributed by atoms with Gasteiger partial charge < -0.3 is 25.3 Å². The van der Waals surface area contributed by atoms with Gasteiger partial charge in [0.15, 0.2) is 11.8 Å². The molecule has 1 aromatic heterocycles. The molecule has 0 saturated carbocycles. The van der Waals surface area contributed by atoms with Crippen molar-refractivity contribution in [2.24, 2.45) is 5.73 Å². The highest BCUT2D eigenvalue weighted by Crippen LogP contribution is 2.38. The van der Waals surface area contributed by atoms with Crippen molar-refractivity contribution >= 4 is 29.0 Å². The molecule has 3 heterocycles. The first kappa shape index (κ1) is 20.7. The zero-order chi connectivity index (χ0) is 22.3. The Bertz CT molecular complexity index is 1070. The molecule has 2 aromatic rings. The normalized spacial score (nSPS) is 18.7. The van der Waals surface area contributed by atoms with Crippen LogP contribution in [0.4, 0.5) is 26.0 Å². The molecular weight excluding hydrogens is 410 g/mol. The summed E-state index contributed by atoms with van der Waals surface area (Å²) in [5, 5.41) is 3.06. The average molecular weight is 432 g/mol. The van der Waals surface area contributed by atoms with Crippen LogP contribution in [0.1, 0.15) is 6.92 Å². The third kappa shape index (κ3) is 3.68. The highest BCUT2D eigenvalue weighted by atomic mass is 19.3. The molecule has 4 rings (SSSR count). The molecule has 2 aliphatic heterocycles. The van der Waals surface area contributed by atoms with Crippen molar-refractivity contribution in [3.63, 3.8) is 0 Å². The molecule has 9 nitrogen and oxygen atoms in total. The van der Waals surface area contributed by atoms with E-state index in [9.17, 15) is 18.4 Å². The van der Waals surface area contributed by atoms with Gasteiger partial charge in [-0.3, -0.25) is 9.69 Å². The van der Waals surface area contributed by atoms with Crippen molar-refractivity contribution < 1.29 is 23.1 Å². The Hall–Kier alpha value is -3.59. The van der Waals surface area contributed by atoms with Gasteiger partial charge in [-0.25, -0.2) is 18.6 Å². The van der Waals surface area contributed by atoms with Gasteiger partial charge in [0.05, 0.1) is 0 Å².